The van der Waals surface area contributed by atoms with Gasteiger partial charge >= 0.3 is 0 Å². The molecule has 2 aliphatic rings. The fraction of sp³-hybridized carbons (Fsp3) is 0.529. The molecule has 2 bridgehead atoms. The number of carbonyl (C=O) groups is 1. The van der Waals surface area contributed by atoms with Crippen LogP contribution in [0.1, 0.15) is 23.3 Å². The largest absolute Gasteiger partial charge is 0.348 e. The number of H-pyrrole nitrogens is 1. The fourth-order valence-corrected chi connectivity index (χ4v) is 4.09. The predicted molar refractivity (Wildman–Crippen MR) is 96.7 cm³/mol. The second-order valence-electron chi connectivity index (χ2n) is 6.95. The second kappa shape index (κ2) is 6.70. The number of hydrogen-bond acceptors (Lipinski definition) is 4. The third-order valence-corrected chi connectivity index (χ3v) is 5.33. The topological polar surface area (TPSA) is 64.3 Å². The molecule has 6 nitrogen and oxygen atoms in total. The van der Waals surface area contributed by atoms with E-state index in [0.717, 1.165) is 36.8 Å². The Balaban J connectivity index is 0.00000169. The summed E-state index contributed by atoms with van der Waals surface area (Å²) in [5, 5.41) is 11.2. The van der Waals surface area contributed by atoms with Crippen LogP contribution in [0.3, 0.4) is 0 Å². The molecule has 1 amide bonds. The molecule has 2 aromatic rings. The monoisotopic (exact) mass is 349 g/mol. The maximum atomic E-state index is 12.6. The quantitative estimate of drug-likeness (QED) is 0.862. The summed E-state index contributed by atoms with van der Waals surface area (Å²) in [4.78, 5) is 17.5. The fourth-order valence-electron chi connectivity index (χ4n) is 4.09. The van der Waals surface area contributed by atoms with Crippen LogP contribution in [0, 0.1) is 0 Å². The van der Waals surface area contributed by atoms with E-state index >= 15 is 0 Å². The molecule has 2 N–H and O–H groups in total. The summed E-state index contributed by atoms with van der Waals surface area (Å²) in [5.74, 6) is -0.0663. The van der Waals surface area contributed by atoms with Gasteiger partial charge < -0.3 is 10.2 Å². The number of halogens is 1. The molecule has 24 heavy (non-hydrogen) atoms. The van der Waals surface area contributed by atoms with E-state index in [1.165, 1.54) is 0 Å². The third kappa shape index (κ3) is 3.01. The molecule has 0 aliphatic carbocycles. The Morgan fingerprint density at radius 2 is 1.88 bits per heavy atom. The summed E-state index contributed by atoms with van der Waals surface area (Å²) in [5.41, 5.74) is 1.40. The van der Waals surface area contributed by atoms with Crippen molar-refractivity contribution in [3.05, 3.63) is 30.0 Å². The highest BCUT2D eigenvalue weighted by Gasteiger charge is 2.38. The van der Waals surface area contributed by atoms with Crippen LogP contribution in [0.4, 0.5) is 0 Å². The van der Waals surface area contributed by atoms with Gasteiger partial charge in [-0.3, -0.25) is 14.8 Å². The normalized spacial score (nSPS) is 27.7. The molecule has 3 heterocycles. The Morgan fingerprint density at radius 3 is 2.58 bits per heavy atom. The van der Waals surface area contributed by atoms with Gasteiger partial charge in [0.25, 0.3) is 5.91 Å². The van der Waals surface area contributed by atoms with Gasteiger partial charge in [-0.25, -0.2) is 0 Å². The van der Waals surface area contributed by atoms with E-state index in [-0.39, 0.29) is 24.4 Å². The van der Waals surface area contributed by atoms with Crippen molar-refractivity contribution >= 4 is 29.2 Å². The molecule has 1 aromatic carbocycles. The van der Waals surface area contributed by atoms with Crippen molar-refractivity contribution in [1.29, 1.82) is 0 Å². The number of para-hydroxylation sites is 1. The van der Waals surface area contributed by atoms with Crippen LogP contribution in [-0.4, -0.2) is 71.2 Å². The Morgan fingerprint density at radius 1 is 1.21 bits per heavy atom. The van der Waals surface area contributed by atoms with E-state index in [0.29, 0.717) is 17.8 Å². The zero-order chi connectivity index (χ0) is 16.0. The van der Waals surface area contributed by atoms with Crippen molar-refractivity contribution in [3.63, 3.8) is 0 Å². The van der Waals surface area contributed by atoms with Crippen molar-refractivity contribution in [1.82, 2.24) is 25.3 Å². The zero-order valence-corrected chi connectivity index (χ0v) is 14.8. The van der Waals surface area contributed by atoms with E-state index in [4.69, 9.17) is 0 Å². The second-order valence-corrected chi connectivity index (χ2v) is 6.95. The lowest BCUT2D eigenvalue weighted by atomic mass is 9.88. The number of piperidine rings is 1. The number of benzene rings is 1. The maximum absolute atomic E-state index is 12.6. The van der Waals surface area contributed by atoms with Crippen LogP contribution in [0.5, 0.6) is 0 Å². The number of aromatic amines is 1. The lowest BCUT2D eigenvalue weighted by Crippen LogP contribution is -2.63. The predicted octanol–water partition coefficient (Wildman–Crippen LogP) is 1.49. The van der Waals surface area contributed by atoms with Gasteiger partial charge in [0.2, 0.25) is 0 Å². The van der Waals surface area contributed by atoms with Gasteiger partial charge in [0.1, 0.15) is 0 Å². The minimum absolute atomic E-state index is 0. The van der Waals surface area contributed by atoms with Crippen LogP contribution in [0.2, 0.25) is 0 Å². The summed E-state index contributed by atoms with van der Waals surface area (Å²) >= 11 is 0. The highest BCUT2D eigenvalue weighted by molar-refractivity contribution is 6.04. The standard InChI is InChI=1S/C17H23N5O.ClH/c1-21-9-12-7-11(8-13(10-21)22(12)2)18-17(23)16-14-5-3-4-6-15(14)19-20-16;/h3-6,11-13H,7-10H2,1-2H3,(H,18,23)(H,19,20);1H/t11-,12-,13+;. The molecule has 0 radical (unpaired) electrons. The smallest absolute Gasteiger partial charge is 0.272 e. The van der Waals surface area contributed by atoms with Crippen molar-refractivity contribution in [2.45, 2.75) is 31.0 Å². The molecule has 2 aliphatic heterocycles. The summed E-state index contributed by atoms with van der Waals surface area (Å²) in [6, 6.07) is 9.03. The van der Waals surface area contributed by atoms with Crippen molar-refractivity contribution in [2.24, 2.45) is 0 Å². The van der Waals surface area contributed by atoms with Crippen molar-refractivity contribution < 1.29 is 4.79 Å². The van der Waals surface area contributed by atoms with Crippen LogP contribution in [0.25, 0.3) is 10.9 Å². The number of amides is 1. The van der Waals surface area contributed by atoms with E-state index < -0.39 is 0 Å². The number of likely N-dealkylation sites (tertiary alicyclic amines) is 1. The molecular formula is C17H24ClN5O. The van der Waals surface area contributed by atoms with E-state index in [1.54, 1.807) is 0 Å². The summed E-state index contributed by atoms with van der Waals surface area (Å²) in [7, 11) is 4.39. The SMILES string of the molecule is CN1C[C@H]2C[C@@H](NC(=O)c3n[nH]c4ccccc34)C[C@@H](C1)N2C.Cl. The molecule has 130 valence electrons. The molecule has 2 fully saturated rings. The number of carbonyl (C=O) groups excluding carboxylic acids is 1. The average molecular weight is 350 g/mol. The Labute approximate surface area is 148 Å². The highest BCUT2D eigenvalue weighted by Crippen LogP contribution is 2.27. The molecule has 0 saturated carbocycles. The van der Waals surface area contributed by atoms with E-state index in [1.807, 2.05) is 24.3 Å². The van der Waals surface area contributed by atoms with Crippen LogP contribution >= 0.6 is 12.4 Å². The Bertz CT molecular complexity index is 717. The first-order valence-electron chi connectivity index (χ1n) is 8.26. The summed E-state index contributed by atoms with van der Waals surface area (Å²) in [6.07, 6.45) is 2.01. The van der Waals surface area contributed by atoms with Gasteiger partial charge in [-0.2, -0.15) is 5.10 Å². The number of piperazine rings is 1. The molecule has 4 rings (SSSR count). The first-order valence-corrected chi connectivity index (χ1v) is 8.26. The van der Waals surface area contributed by atoms with Crippen molar-refractivity contribution in [3.8, 4) is 0 Å². The lowest BCUT2D eigenvalue weighted by Gasteiger charge is -2.50. The molecule has 0 spiro atoms. The van der Waals surface area contributed by atoms with Crippen LogP contribution < -0.4 is 5.32 Å². The average Bonchev–Trinajstić information content (AvgIpc) is 2.93. The summed E-state index contributed by atoms with van der Waals surface area (Å²) < 4.78 is 0. The van der Waals surface area contributed by atoms with Gasteiger partial charge in [0, 0.05) is 36.6 Å². The minimum Gasteiger partial charge on any atom is -0.348 e. The number of likely N-dealkylation sites (N-methyl/N-ethyl adjacent to an activating group) is 2. The lowest BCUT2D eigenvalue weighted by molar-refractivity contribution is 0.00838. The highest BCUT2D eigenvalue weighted by atomic mass is 35.5. The van der Waals surface area contributed by atoms with Crippen LogP contribution in [0.15, 0.2) is 24.3 Å². The third-order valence-electron chi connectivity index (χ3n) is 5.33. The number of aromatic nitrogens is 2. The van der Waals surface area contributed by atoms with E-state index in [9.17, 15) is 4.79 Å². The molecule has 3 atom stereocenters. The molecule has 7 heteroatoms. The van der Waals surface area contributed by atoms with Gasteiger partial charge in [0.05, 0.1) is 5.52 Å². The summed E-state index contributed by atoms with van der Waals surface area (Å²) in [6.45, 7) is 2.15. The van der Waals surface area contributed by atoms with Gasteiger partial charge in [0.15, 0.2) is 5.69 Å². The Hall–Kier alpha value is -1.63. The number of hydrogen-bond donors (Lipinski definition) is 2. The molecule has 0 unspecified atom stereocenters. The molecule has 1 aromatic heterocycles. The zero-order valence-electron chi connectivity index (χ0n) is 14.0. The Kier molecular flexibility index (Phi) is 4.80. The number of rotatable bonds is 2. The van der Waals surface area contributed by atoms with Gasteiger partial charge in [-0.05, 0) is 33.0 Å². The van der Waals surface area contributed by atoms with Gasteiger partial charge in [-0.1, -0.05) is 18.2 Å². The minimum atomic E-state index is -0.0663. The first kappa shape index (κ1) is 17.2. The van der Waals surface area contributed by atoms with Crippen molar-refractivity contribution in [2.75, 3.05) is 27.2 Å². The van der Waals surface area contributed by atoms with Crippen LogP contribution in [-0.2, 0) is 0 Å². The number of fused-ring (bicyclic) bond motifs is 3. The molecular weight excluding hydrogens is 326 g/mol. The van der Waals surface area contributed by atoms with Gasteiger partial charge in [-0.15, -0.1) is 12.4 Å². The maximum Gasteiger partial charge on any atom is 0.272 e. The van der Waals surface area contributed by atoms with E-state index in [2.05, 4.69) is 39.4 Å². The molecule has 2 saturated heterocycles. The number of nitrogens with zero attached hydrogens (tertiary/aromatic N) is 3. The number of nitrogens with one attached hydrogen (secondary N) is 2. The first-order chi connectivity index (χ1) is 11.1.